The van der Waals surface area contributed by atoms with E-state index in [0.717, 1.165) is 44.3 Å². The van der Waals surface area contributed by atoms with Gasteiger partial charge in [-0.15, -0.1) is 5.10 Å². The Morgan fingerprint density at radius 3 is 2.53 bits per heavy atom. The number of likely N-dealkylation sites (tertiary alicyclic amines) is 2. The van der Waals surface area contributed by atoms with E-state index in [1.165, 1.54) is 0 Å². The number of aliphatic hydroxyl groups is 1. The smallest absolute Gasteiger partial charge is 0.248 e. The molecule has 4 aliphatic rings. The number of aromatic nitrogens is 3. The standard InChI is InChI=1S/C26H40N6O4/c1-15(33)30-11-17-6-5-7-20(19(17)13-30)27-24(35)22-10-18(34)12-31(22)25(36)23(26(2,3)4)32-14-21(28-29-32)16-8-9-16/h14,16-20,22-23,34H,5-13H2,1-4H3,(H,27,35)/t17?,18?,19?,20?,22?,23-/m1/s1. The summed E-state index contributed by atoms with van der Waals surface area (Å²) in [6, 6.07) is -1.38. The topological polar surface area (TPSA) is 121 Å². The molecule has 3 amide bonds. The number of carbonyl (C=O) groups is 3. The van der Waals surface area contributed by atoms with E-state index in [4.69, 9.17) is 0 Å². The summed E-state index contributed by atoms with van der Waals surface area (Å²) in [5.41, 5.74) is 0.451. The van der Waals surface area contributed by atoms with Crippen molar-refractivity contribution in [2.24, 2.45) is 17.3 Å². The van der Waals surface area contributed by atoms with Crippen LogP contribution in [0.4, 0.5) is 0 Å². The number of amides is 3. The summed E-state index contributed by atoms with van der Waals surface area (Å²) in [4.78, 5) is 42.9. The maximum absolute atomic E-state index is 13.9. The fourth-order valence-corrected chi connectivity index (χ4v) is 6.51. The van der Waals surface area contributed by atoms with Crippen molar-refractivity contribution in [2.45, 2.75) is 96.4 Å². The average Bonchev–Trinajstić information content (AvgIpc) is 3.19. The van der Waals surface area contributed by atoms with Gasteiger partial charge in [0.2, 0.25) is 17.7 Å². The third-order valence-electron chi connectivity index (χ3n) is 8.58. The van der Waals surface area contributed by atoms with Crippen LogP contribution in [0.25, 0.3) is 0 Å². The van der Waals surface area contributed by atoms with E-state index in [9.17, 15) is 19.5 Å². The average molecular weight is 501 g/mol. The lowest BCUT2D eigenvalue weighted by Gasteiger charge is -2.37. The summed E-state index contributed by atoms with van der Waals surface area (Å²) in [6.07, 6.45) is 6.49. The van der Waals surface area contributed by atoms with E-state index in [-0.39, 0.29) is 42.6 Å². The highest BCUT2D eigenvalue weighted by Crippen LogP contribution is 2.41. The van der Waals surface area contributed by atoms with E-state index in [1.54, 1.807) is 16.5 Å². The van der Waals surface area contributed by atoms with Gasteiger partial charge < -0.3 is 20.2 Å². The Morgan fingerprint density at radius 1 is 1.11 bits per heavy atom. The molecule has 6 atom stereocenters. The van der Waals surface area contributed by atoms with Gasteiger partial charge in [0.25, 0.3) is 0 Å². The molecule has 2 N–H and O–H groups in total. The van der Waals surface area contributed by atoms with Gasteiger partial charge >= 0.3 is 0 Å². The minimum atomic E-state index is -0.748. The fourth-order valence-electron chi connectivity index (χ4n) is 6.51. The summed E-state index contributed by atoms with van der Waals surface area (Å²) < 4.78 is 1.65. The van der Waals surface area contributed by atoms with Gasteiger partial charge in [0.1, 0.15) is 12.1 Å². The molecule has 0 bridgehead atoms. The van der Waals surface area contributed by atoms with Crippen LogP contribution in [0, 0.1) is 17.3 Å². The largest absolute Gasteiger partial charge is 0.391 e. The van der Waals surface area contributed by atoms with Crippen molar-refractivity contribution in [3.05, 3.63) is 11.9 Å². The predicted octanol–water partition coefficient (Wildman–Crippen LogP) is 1.47. The van der Waals surface area contributed by atoms with Crippen molar-refractivity contribution in [1.29, 1.82) is 0 Å². The number of hydrogen-bond acceptors (Lipinski definition) is 6. The maximum atomic E-state index is 13.9. The third-order valence-corrected chi connectivity index (χ3v) is 8.58. The summed E-state index contributed by atoms with van der Waals surface area (Å²) in [5.74, 6) is 0.721. The van der Waals surface area contributed by atoms with E-state index < -0.39 is 23.6 Å². The Hall–Kier alpha value is -2.49. The van der Waals surface area contributed by atoms with E-state index in [2.05, 4.69) is 15.6 Å². The van der Waals surface area contributed by atoms with Crippen LogP contribution in [0.5, 0.6) is 0 Å². The molecule has 2 saturated heterocycles. The van der Waals surface area contributed by atoms with Crippen LogP contribution in [-0.2, 0) is 14.4 Å². The van der Waals surface area contributed by atoms with Crippen molar-refractivity contribution in [3.8, 4) is 0 Å². The molecule has 36 heavy (non-hydrogen) atoms. The molecular weight excluding hydrogens is 460 g/mol. The van der Waals surface area contributed by atoms with Crippen LogP contribution in [-0.4, -0.2) is 85.4 Å². The number of aliphatic hydroxyl groups excluding tert-OH is 1. The Bertz CT molecular complexity index is 1010. The molecule has 0 aromatic carbocycles. The summed E-state index contributed by atoms with van der Waals surface area (Å²) >= 11 is 0. The van der Waals surface area contributed by atoms with Gasteiger partial charge in [0.15, 0.2) is 0 Å². The second-order valence-corrected chi connectivity index (χ2v) is 12.5. The molecule has 1 aromatic rings. The third kappa shape index (κ3) is 4.88. The zero-order valence-corrected chi connectivity index (χ0v) is 21.9. The molecule has 5 rings (SSSR count). The molecule has 10 heteroatoms. The zero-order valence-electron chi connectivity index (χ0n) is 21.9. The van der Waals surface area contributed by atoms with Crippen molar-refractivity contribution in [2.75, 3.05) is 19.6 Å². The number of β-amino-alcohol motifs (C(OH)–C–C–N with tert-alkyl or cyclic N) is 1. The molecule has 5 unspecified atom stereocenters. The molecule has 4 fully saturated rings. The normalized spacial score (nSPS) is 31.3. The molecule has 198 valence electrons. The summed E-state index contributed by atoms with van der Waals surface area (Å²) in [6.45, 7) is 9.11. The van der Waals surface area contributed by atoms with Crippen LogP contribution in [0.2, 0.25) is 0 Å². The first-order valence-corrected chi connectivity index (χ1v) is 13.5. The Balaban J connectivity index is 1.32. The molecule has 3 heterocycles. The summed E-state index contributed by atoms with van der Waals surface area (Å²) in [7, 11) is 0. The quantitative estimate of drug-likeness (QED) is 0.632. The summed E-state index contributed by atoms with van der Waals surface area (Å²) in [5, 5.41) is 22.3. The lowest BCUT2D eigenvalue weighted by molar-refractivity contribution is -0.144. The second kappa shape index (κ2) is 9.43. The number of carbonyl (C=O) groups excluding carboxylic acids is 3. The number of fused-ring (bicyclic) bond motifs is 1. The zero-order chi connectivity index (χ0) is 25.8. The fraction of sp³-hybridized carbons (Fsp3) is 0.808. The van der Waals surface area contributed by atoms with Crippen molar-refractivity contribution < 1.29 is 19.5 Å². The van der Waals surface area contributed by atoms with Crippen molar-refractivity contribution >= 4 is 17.7 Å². The number of rotatable bonds is 5. The second-order valence-electron chi connectivity index (χ2n) is 12.5. The Morgan fingerprint density at radius 2 is 1.86 bits per heavy atom. The van der Waals surface area contributed by atoms with Crippen LogP contribution in [0.15, 0.2) is 6.20 Å². The minimum Gasteiger partial charge on any atom is -0.391 e. The molecule has 2 aliphatic carbocycles. The van der Waals surface area contributed by atoms with E-state index in [0.29, 0.717) is 18.4 Å². The van der Waals surface area contributed by atoms with Crippen LogP contribution < -0.4 is 5.32 Å². The van der Waals surface area contributed by atoms with E-state index >= 15 is 0 Å². The minimum absolute atomic E-state index is 0.0230. The van der Waals surface area contributed by atoms with Crippen molar-refractivity contribution in [1.82, 2.24) is 30.1 Å². The molecule has 0 radical (unpaired) electrons. The van der Waals surface area contributed by atoms with Gasteiger partial charge in [-0.1, -0.05) is 32.4 Å². The molecular formula is C26H40N6O4. The van der Waals surface area contributed by atoms with Gasteiger partial charge in [-0.05, 0) is 37.0 Å². The lowest BCUT2D eigenvalue weighted by Crippen LogP contribution is -2.54. The van der Waals surface area contributed by atoms with E-state index in [1.807, 2.05) is 31.9 Å². The highest BCUT2D eigenvalue weighted by atomic mass is 16.3. The highest BCUT2D eigenvalue weighted by Gasteiger charge is 2.47. The maximum Gasteiger partial charge on any atom is 0.248 e. The first-order valence-electron chi connectivity index (χ1n) is 13.5. The molecule has 2 saturated carbocycles. The van der Waals surface area contributed by atoms with Crippen LogP contribution in [0.3, 0.4) is 0 Å². The number of nitrogens with one attached hydrogen (secondary N) is 1. The van der Waals surface area contributed by atoms with Gasteiger partial charge in [0.05, 0.1) is 11.8 Å². The van der Waals surface area contributed by atoms with Gasteiger partial charge in [0, 0.05) is 57.1 Å². The predicted molar refractivity (Wildman–Crippen MR) is 132 cm³/mol. The number of nitrogens with zero attached hydrogens (tertiary/aromatic N) is 5. The Labute approximate surface area is 212 Å². The number of hydrogen-bond donors (Lipinski definition) is 2. The molecule has 1 aromatic heterocycles. The van der Waals surface area contributed by atoms with Gasteiger partial charge in [-0.3, -0.25) is 14.4 Å². The van der Waals surface area contributed by atoms with Gasteiger partial charge in [-0.25, -0.2) is 4.68 Å². The first kappa shape index (κ1) is 25.2. The first-order chi connectivity index (χ1) is 17.0. The molecule has 0 spiro atoms. The van der Waals surface area contributed by atoms with Crippen molar-refractivity contribution in [3.63, 3.8) is 0 Å². The Kier molecular flexibility index (Phi) is 6.59. The lowest BCUT2D eigenvalue weighted by atomic mass is 9.78. The van der Waals surface area contributed by atoms with Crippen LogP contribution >= 0.6 is 0 Å². The SMILES string of the molecule is CC(=O)N1CC2CCCC(NC(=O)C3CC(O)CN3C(=O)[C@@H](n3cc(C4CC4)nn3)C(C)(C)C)C2C1. The van der Waals surface area contributed by atoms with Gasteiger partial charge in [-0.2, -0.15) is 0 Å². The monoisotopic (exact) mass is 500 g/mol. The molecule has 10 nitrogen and oxygen atoms in total. The highest BCUT2D eigenvalue weighted by molar-refractivity contribution is 5.90. The van der Waals surface area contributed by atoms with Crippen LogP contribution in [0.1, 0.15) is 83.9 Å². The molecule has 2 aliphatic heterocycles.